The van der Waals surface area contributed by atoms with E-state index in [0.29, 0.717) is 85.6 Å². The zero-order chi connectivity index (χ0) is 99.4. The number of aromatic nitrogens is 8. The number of aryl methyl sites for hydroxylation is 4. The molecule has 7 aliphatic heterocycles. The van der Waals surface area contributed by atoms with E-state index < -0.39 is 72.6 Å². The number of alkyl halides is 2. The molecule has 0 radical (unpaired) electrons. The van der Waals surface area contributed by atoms with Crippen LogP contribution in [-0.2, 0) is 0 Å². The van der Waals surface area contributed by atoms with E-state index in [4.69, 9.17) is 0 Å². The number of pyridine rings is 4. The van der Waals surface area contributed by atoms with Gasteiger partial charge in [0.1, 0.15) is 46.0 Å². The molecule has 12 N–H and O–H groups in total. The van der Waals surface area contributed by atoms with Crippen molar-refractivity contribution >= 4 is 116 Å². The first-order valence-electron chi connectivity index (χ1n) is 49.6. The minimum Gasteiger partial charge on any atom is -0.393 e. The lowest BCUT2D eigenvalue weighted by Crippen LogP contribution is -2.50. The van der Waals surface area contributed by atoms with Gasteiger partial charge in [-0.25, -0.2) is 48.7 Å². The molecule has 6 bridgehead atoms. The summed E-state index contributed by atoms with van der Waals surface area (Å²) in [7, 11) is 0. The first-order valence-corrected chi connectivity index (χ1v) is 52.8. The van der Waals surface area contributed by atoms with Crippen LogP contribution in [0.4, 0.5) is 32.1 Å². The third kappa shape index (κ3) is 23.0. The molecule has 32 nitrogen and oxygen atoms in total. The first-order chi connectivity index (χ1) is 65.9. The smallest absolute Gasteiger partial charge is 0.280 e. The molecule has 38 heteroatoms. The molecule has 748 valence electrons. The van der Waals surface area contributed by atoms with Crippen molar-refractivity contribution in [2.45, 2.75) is 378 Å². The number of aliphatic hydroxyl groups excluding tert-OH is 3. The molecule has 8 aromatic rings. The van der Waals surface area contributed by atoms with Crippen molar-refractivity contribution in [2.24, 2.45) is 5.92 Å². The molecule has 15 heterocycles. The van der Waals surface area contributed by atoms with E-state index in [9.17, 15) is 67.6 Å². The van der Waals surface area contributed by atoms with E-state index in [1.807, 2.05) is 73.6 Å². The average Bonchev–Trinajstić information content (AvgIpc) is 1.62. The second-order valence-electron chi connectivity index (χ2n) is 42.0. The Labute approximate surface area is 827 Å². The van der Waals surface area contributed by atoms with Gasteiger partial charge in [0, 0.05) is 125 Å². The lowest BCUT2D eigenvalue weighted by Gasteiger charge is -2.32. The van der Waals surface area contributed by atoms with Crippen molar-refractivity contribution in [3.8, 4) is 41.8 Å². The van der Waals surface area contributed by atoms with Crippen LogP contribution in [-0.4, -0.2) is 254 Å². The summed E-state index contributed by atoms with van der Waals surface area (Å²) in [6.07, 6.45) is 25.7. The van der Waals surface area contributed by atoms with Gasteiger partial charge < -0.3 is 82.6 Å². The number of hydrogen-bond donors (Lipinski definition) is 12. The Balaban J connectivity index is 0.000000134. The van der Waals surface area contributed by atoms with Gasteiger partial charge in [0.15, 0.2) is 20.0 Å². The topological polar surface area (TPSA) is 430 Å². The molecule has 0 aromatic carbocycles. The molecule has 11 fully saturated rings. The van der Waals surface area contributed by atoms with Crippen molar-refractivity contribution in [1.29, 1.82) is 0 Å². The molecule has 139 heavy (non-hydrogen) atoms. The highest BCUT2D eigenvalue weighted by Gasteiger charge is 2.50. The lowest BCUT2D eigenvalue weighted by atomic mass is 9.89. The van der Waals surface area contributed by atoms with E-state index in [2.05, 4.69) is 131 Å². The molecule has 0 unspecified atom stereocenters. The highest BCUT2D eigenvalue weighted by molar-refractivity contribution is 7.18. The number of anilines is 4. The largest absolute Gasteiger partial charge is 0.393 e. The number of fused-ring (bicyclic) bond motifs is 6. The first kappa shape index (κ1) is 102. The minimum atomic E-state index is -2.96. The molecule has 11 aliphatic rings. The average molecular weight is 1990 g/mol. The van der Waals surface area contributed by atoms with Gasteiger partial charge in [0.05, 0.1) is 68.1 Å². The zero-order valence-corrected chi connectivity index (χ0v) is 85.6. The predicted molar refractivity (Wildman–Crippen MR) is 536 cm³/mol. The summed E-state index contributed by atoms with van der Waals surface area (Å²) >= 11 is 4.73. The number of amides is 8. The molecule has 4 saturated carbocycles. The summed E-state index contributed by atoms with van der Waals surface area (Å²) in [5.74, 6) is -1.59. The minimum absolute atomic E-state index is 0.0223. The number of halogens is 2. The number of carbonyl (C=O) groups is 8. The Kier molecular flexibility index (Phi) is 30.6. The van der Waals surface area contributed by atoms with Gasteiger partial charge in [-0.05, 0) is 298 Å². The van der Waals surface area contributed by atoms with Crippen LogP contribution in [0.2, 0.25) is 0 Å². The van der Waals surface area contributed by atoms with Gasteiger partial charge in [-0.3, -0.25) is 38.4 Å². The van der Waals surface area contributed by atoms with Crippen molar-refractivity contribution in [1.82, 2.24) is 80.7 Å². The summed E-state index contributed by atoms with van der Waals surface area (Å²) in [5, 5.41) is 65.5. The monoisotopic (exact) mass is 1980 g/mol. The van der Waals surface area contributed by atoms with Crippen molar-refractivity contribution < 1.29 is 67.6 Å². The Morgan fingerprint density at radius 2 is 0.827 bits per heavy atom. The van der Waals surface area contributed by atoms with E-state index in [1.165, 1.54) is 46.9 Å². The van der Waals surface area contributed by atoms with E-state index >= 15 is 0 Å². The number of hydrogen-bond acceptors (Lipinski definition) is 28. The van der Waals surface area contributed by atoms with Crippen LogP contribution in [0, 0.1) is 33.6 Å². The van der Waals surface area contributed by atoms with E-state index in [1.54, 1.807) is 52.5 Å². The van der Waals surface area contributed by atoms with Crippen LogP contribution in [0.1, 0.15) is 334 Å². The van der Waals surface area contributed by atoms with Gasteiger partial charge in [0.2, 0.25) is 0 Å². The summed E-state index contributed by atoms with van der Waals surface area (Å²) in [5.41, 5.74) is 6.59. The van der Waals surface area contributed by atoms with Crippen LogP contribution < -0.4 is 42.5 Å². The highest BCUT2D eigenvalue weighted by Crippen LogP contribution is 2.48. The van der Waals surface area contributed by atoms with Crippen LogP contribution in [0.25, 0.3) is 41.8 Å². The summed E-state index contributed by atoms with van der Waals surface area (Å²) < 4.78 is 28.1. The molecule has 0 spiro atoms. The maximum absolute atomic E-state index is 14.0. The Morgan fingerprint density at radius 1 is 0.468 bits per heavy atom. The van der Waals surface area contributed by atoms with E-state index in [-0.39, 0.29) is 127 Å². The second kappa shape index (κ2) is 41.8. The number of likely N-dealkylation sites (tertiary alicyclic amines) is 1. The van der Waals surface area contributed by atoms with Gasteiger partial charge in [-0.15, -0.1) is 45.3 Å². The fourth-order valence-corrected chi connectivity index (χ4v) is 24.7. The summed E-state index contributed by atoms with van der Waals surface area (Å²) in [6, 6.07) is 8.48. The summed E-state index contributed by atoms with van der Waals surface area (Å²) in [6.45, 7) is 30.4. The number of rotatable bonds is 26. The molecule has 8 atom stereocenters. The standard InChI is InChI=1S/C26H33N5O3S.C26H35N5O3S.C25H35N5O3S.C24H31F2N5O3S/c1-13-11-21(28-14(2)15-3-4-15)27-12-18(13)23-22(26(34)31-16-5-6-17(31)8-7-16)30-25(35-23)24(33)29-19-9-10-20(19)32;1-14-12-20(30-26(2,3)4)27-13-17(14)22-21(25(34)31-15-8-9-16(31)11-10-15)29-24(35-22)23(33)28-18-6-5-7-19(18)32;1-13(2)27-19-11-14(3)18(12-26-19)21-20(24(32)30-16-7-8-17(30)10-9-16)29-23(34-21)22(31)28-15(4)25(5,6)33;1-5-13(3)28-18-6-12(2)17(10-27-18)20-19(23(34)31-11-24(25,26)9-14(31)4)30-22(35-20)21(33)29-15-7-16(32)8-15/h11-12,14-17,19-20,32H,3-10H2,1-2H3,(H,27,28)(H,29,33);12-13,15-16,18-19,32H,5-11H2,1-4H3,(H,27,30)(H,28,33);11-13,15-17,33H,7-10H2,1-6H3,(H,26,27)(H,28,31);6,10,13-16,32H,5,7-9,11H2,1-4H3,(H,27,28)(H,29,33)/t14-,16?,17?,19+,20+;15?,16?,18-,19-;15-,16?,17?;13-,14+,15?,16?/m1011/s1. The quantitative estimate of drug-likeness (QED) is 0.0239. The van der Waals surface area contributed by atoms with Crippen LogP contribution in [0.5, 0.6) is 0 Å². The molecule has 4 aliphatic carbocycles. The molecule has 19 rings (SSSR count). The number of carbonyl (C=O) groups excluding carboxylic acids is 8. The number of thiazole rings is 4. The highest BCUT2D eigenvalue weighted by atomic mass is 32.1. The number of nitrogens with one attached hydrogen (secondary N) is 8. The summed E-state index contributed by atoms with van der Waals surface area (Å²) in [4.78, 5) is 153. The number of aliphatic hydroxyl groups is 4. The van der Waals surface area contributed by atoms with Crippen LogP contribution >= 0.6 is 45.3 Å². The molecule has 8 amide bonds. The third-order valence-electron chi connectivity index (χ3n) is 29.2. The van der Waals surface area contributed by atoms with Gasteiger partial charge in [-0.1, -0.05) is 6.92 Å². The SMILES string of the molecule is CC[C@@H](C)Nc1cc(C)c(-c2sc(C(=O)NC3CC(O)C3)nc2C(=O)N2CC(F)(F)C[C@@H]2C)cn1.Cc1cc(NC(C)(C)C)ncc1-c1sc(C(=O)N[C@H]2CCC[C@@H]2O)nc1C(=O)N1C2CCC1CC2.Cc1cc(NC(C)C)ncc1-c1sc(C(=O)N[C@H](C)C(C)(C)O)nc1C(=O)N1C2CCC1CC2.Cc1cc(N[C@H](C)C2CC2)ncc1-c1sc(C(=O)N[C@H]2CC[C@@H]2O)nc1C(=O)N1C2CCC1CC2. The Hall–Kier alpha value is -10.2. The van der Waals surface area contributed by atoms with Gasteiger partial charge in [0.25, 0.3) is 53.2 Å². The zero-order valence-electron chi connectivity index (χ0n) is 82.3. The molecular formula is C101H134F2N20O12S4. The van der Waals surface area contributed by atoms with Crippen molar-refractivity contribution in [3.05, 3.63) is 114 Å². The maximum Gasteiger partial charge on any atom is 0.280 e. The maximum atomic E-state index is 14.0. The van der Waals surface area contributed by atoms with Crippen LogP contribution in [0.3, 0.4) is 0 Å². The third-order valence-corrected chi connectivity index (χ3v) is 33.6. The lowest BCUT2D eigenvalue weighted by molar-refractivity contribution is 0.0117. The second-order valence-corrected chi connectivity index (χ2v) is 46.0. The van der Waals surface area contributed by atoms with Crippen LogP contribution in [0.15, 0.2) is 49.1 Å². The van der Waals surface area contributed by atoms with Gasteiger partial charge >= 0.3 is 0 Å². The Morgan fingerprint density at radius 3 is 1.15 bits per heavy atom. The number of nitrogens with zero attached hydrogens (tertiary/aromatic N) is 12. The molecular weight excluding hydrogens is 1850 g/mol. The van der Waals surface area contributed by atoms with Crippen molar-refractivity contribution in [3.63, 3.8) is 0 Å². The predicted octanol–water partition coefficient (Wildman–Crippen LogP) is 15.7. The van der Waals surface area contributed by atoms with Gasteiger partial charge in [-0.2, -0.15) is 0 Å². The molecule has 8 aromatic heterocycles. The van der Waals surface area contributed by atoms with Crippen molar-refractivity contribution in [2.75, 3.05) is 27.8 Å². The Bertz CT molecular complexity index is 5860. The fraction of sp³-hybridized carbons (Fsp3) is 0.604. The van der Waals surface area contributed by atoms with E-state index in [0.717, 1.165) is 175 Å². The fourth-order valence-electron chi connectivity index (χ4n) is 20.6. The molecule has 7 saturated heterocycles. The normalized spacial score (nSPS) is 24.7.